The van der Waals surface area contributed by atoms with Crippen molar-refractivity contribution in [3.8, 4) is 5.88 Å². The maximum absolute atomic E-state index is 11.8. The summed E-state index contributed by atoms with van der Waals surface area (Å²) in [7, 11) is -1.81. The molecule has 0 saturated carbocycles. The summed E-state index contributed by atoms with van der Waals surface area (Å²) in [6, 6.07) is 0. The number of ether oxygens (including phenoxy) is 1. The van der Waals surface area contributed by atoms with Gasteiger partial charge in [0.2, 0.25) is 10.0 Å². The smallest absolute Gasteiger partial charge is 0.257 e. The summed E-state index contributed by atoms with van der Waals surface area (Å²) in [6.07, 6.45) is 3.72. The number of rotatable bonds is 5. The van der Waals surface area contributed by atoms with Crippen LogP contribution >= 0.6 is 0 Å². The molecule has 1 aliphatic heterocycles. The lowest BCUT2D eigenvalue weighted by Crippen LogP contribution is -2.34. The summed E-state index contributed by atoms with van der Waals surface area (Å²) >= 11 is 0. The highest BCUT2D eigenvalue weighted by atomic mass is 32.2. The Bertz CT molecular complexity index is 534. The number of sulfonamides is 1. The molecule has 8 heteroatoms. The van der Waals surface area contributed by atoms with E-state index >= 15 is 0 Å². The standard InChI is InChI=1S/C11H18N4O3S/c1-3-18-11-10(13-5-6-14-11)15-7-4-9(8-15)19(16,17)12-2/h5-6,9,12H,3-4,7-8H2,1-2H3. The lowest BCUT2D eigenvalue weighted by atomic mass is 10.4. The Balaban J connectivity index is 2.17. The average molecular weight is 286 g/mol. The van der Waals surface area contributed by atoms with E-state index in [0.717, 1.165) is 0 Å². The van der Waals surface area contributed by atoms with Gasteiger partial charge in [-0.2, -0.15) is 0 Å². The van der Waals surface area contributed by atoms with Gasteiger partial charge in [-0.25, -0.2) is 23.1 Å². The molecule has 19 heavy (non-hydrogen) atoms. The molecule has 106 valence electrons. The van der Waals surface area contributed by atoms with Gasteiger partial charge in [-0.05, 0) is 20.4 Å². The van der Waals surface area contributed by atoms with Gasteiger partial charge in [0.15, 0.2) is 5.82 Å². The topological polar surface area (TPSA) is 84.4 Å². The van der Waals surface area contributed by atoms with Crippen LogP contribution in [-0.4, -0.2) is 50.4 Å². The van der Waals surface area contributed by atoms with Crippen LogP contribution in [0.3, 0.4) is 0 Å². The Hall–Kier alpha value is -1.41. The summed E-state index contributed by atoms with van der Waals surface area (Å²) in [5, 5.41) is -0.422. The molecule has 0 spiro atoms. The summed E-state index contributed by atoms with van der Waals surface area (Å²) in [4.78, 5) is 10.3. The minimum absolute atomic E-state index is 0.405. The number of aromatic nitrogens is 2. The van der Waals surface area contributed by atoms with Crippen LogP contribution in [0.1, 0.15) is 13.3 Å². The summed E-state index contributed by atoms with van der Waals surface area (Å²) in [5.74, 6) is 1.06. The van der Waals surface area contributed by atoms with E-state index in [9.17, 15) is 8.42 Å². The van der Waals surface area contributed by atoms with Gasteiger partial charge < -0.3 is 9.64 Å². The van der Waals surface area contributed by atoms with Gasteiger partial charge in [-0.15, -0.1) is 0 Å². The van der Waals surface area contributed by atoms with Crippen LogP contribution in [0.15, 0.2) is 12.4 Å². The second kappa shape index (κ2) is 5.70. The van der Waals surface area contributed by atoms with Crippen molar-refractivity contribution in [2.24, 2.45) is 0 Å². The van der Waals surface area contributed by atoms with Crippen molar-refractivity contribution < 1.29 is 13.2 Å². The Labute approximate surface area is 113 Å². The van der Waals surface area contributed by atoms with Crippen molar-refractivity contribution in [2.45, 2.75) is 18.6 Å². The van der Waals surface area contributed by atoms with E-state index in [2.05, 4.69) is 14.7 Å². The van der Waals surface area contributed by atoms with Crippen LogP contribution in [-0.2, 0) is 10.0 Å². The molecule has 1 aromatic heterocycles. The molecule has 2 heterocycles. The minimum atomic E-state index is -3.24. The van der Waals surface area contributed by atoms with Gasteiger partial charge >= 0.3 is 0 Å². The third kappa shape index (κ3) is 2.95. The molecule has 0 radical (unpaired) electrons. The fourth-order valence-electron chi connectivity index (χ4n) is 2.11. The van der Waals surface area contributed by atoms with Gasteiger partial charge in [0.25, 0.3) is 5.88 Å². The van der Waals surface area contributed by atoms with Crippen molar-refractivity contribution in [3.63, 3.8) is 0 Å². The number of anilines is 1. The Morgan fingerprint density at radius 1 is 1.47 bits per heavy atom. The SMILES string of the molecule is CCOc1nccnc1N1CCC(S(=O)(=O)NC)C1. The van der Waals surface area contributed by atoms with Crippen LogP contribution in [0.2, 0.25) is 0 Å². The third-order valence-electron chi connectivity index (χ3n) is 3.10. The number of hydrogen-bond donors (Lipinski definition) is 1. The maximum Gasteiger partial charge on any atom is 0.257 e. The first-order chi connectivity index (χ1) is 9.08. The second-order valence-corrected chi connectivity index (χ2v) is 6.39. The molecule has 1 N–H and O–H groups in total. The molecule has 2 rings (SSSR count). The first-order valence-electron chi connectivity index (χ1n) is 6.19. The number of nitrogens with zero attached hydrogens (tertiary/aromatic N) is 3. The predicted octanol–water partition coefficient (Wildman–Crippen LogP) is 0.00320. The zero-order valence-electron chi connectivity index (χ0n) is 11.0. The molecule has 0 bridgehead atoms. The van der Waals surface area contributed by atoms with Crippen LogP contribution < -0.4 is 14.4 Å². The van der Waals surface area contributed by atoms with Gasteiger partial charge in [-0.1, -0.05) is 0 Å². The van der Waals surface area contributed by atoms with E-state index in [4.69, 9.17) is 4.74 Å². The molecule has 1 aromatic rings. The minimum Gasteiger partial charge on any atom is -0.475 e. The van der Waals surface area contributed by atoms with E-state index in [1.54, 1.807) is 12.4 Å². The van der Waals surface area contributed by atoms with Crippen molar-refractivity contribution in [1.29, 1.82) is 0 Å². The normalized spacial score (nSPS) is 19.7. The predicted molar refractivity (Wildman–Crippen MR) is 71.8 cm³/mol. The molecular formula is C11H18N4O3S. The molecule has 0 aliphatic carbocycles. The van der Waals surface area contributed by atoms with Gasteiger partial charge in [-0.3, -0.25) is 0 Å². The molecule has 1 aliphatic rings. The van der Waals surface area contributed by atoms with Crippen LogP contribution in [0.5, 0.6) is 5.88 Å². The zero-order chi connectivity index (χ0) is 13.9. The molecule has 7 nitrogen and oxygen atoms in total. The average Bonchev–Trinajstić information content (AvgIpc) is 2.90. The fourth-order valence-corrected chi connectivity index (χ4v) is 3.24. The van der Waals surface area contributed by atoms with E-state index in [1.807, 2.05) is 11.8 Å². The van der Waals surface area contributed by atoms with Crippen molar-refractivity contribution in [2.75, 3.05) is 31.6 Å². The highest BCUT2D eigenvalue weighted by Crippen LogP contribution is 2.27. The summed E-state index contributed by atoms with van der Waals surface area (Å²) in [5.41, 5.74) is 0. The van der Waals surface area contributed by atoms with Crippen LogP contribution in [0.4, 0.5) is 5.82 Å². The molecule has 0 amide bonds. The van der Waals surface area contributed by atoms with E-state index in [1.165, 1.54) is 7.05 Å². The Morgan fingerprint density at radius 2 is 2.21 bits per heavy atom. The summed E-state index contributed by atoms with van der Waals surface area (Å²) < 4.78 is 31.4. The van der Waals surface area contributed by atoms with Gasteiger partial charge in [0.05, 0.1) is 11.9 Å². The first-order valence-corrected chi connectivity index (χ1v) is 7.74. The lowest BCUT2D eigenvalue weighted by Gasteiger charge is -2.19. The molecule has 1 saturated heterocycles. The zero-order valence-corrected chi connectivity index (χ0v) is 11.9. The molecule has 1 atom stereocenters. The summed E-state index contributed by atoms with van der Waals surface area (Å²) in [6.45, 7) is 3.40. The largest absolute Gasteiger partial charge is 0.475 e. The quantitative estimate of drug-likeness (QED) is 0.820. The fraction of sp³-hybridized carbons (Fsp3) is 0.636. The second-order valence-electron chi connectivity index (χ2n) is 4.22. The third-order valence-corrected chi connectivity index (χ3v) is 4.93. The van der Waals surface area contributed by atoms with Crippen molar-refractivity contribution in [1.82, 2.24) is 14.7 Å². The van der Waals surface area contributed by atoms with E-state index in [-0.39, 0.29) is 0 Å². The lowest BCUT2D eigenvalue weighted by molar-refractivity contribution is 0.326. The van der Waals surface area contributed by atoms with Crippen LogP contribution in [0.25, 0.3) is 0 Å². The van der Waals surface area contributed by atoms with Gasteiger partial charge in [0.1, 0.15) is 0 Å². The first kappa shape index (κ1) is 14.0. The van der Waals surface area contributed by atoms with Crippen LogP contribution in [0, 0.1) is 0 Å². The Kier molecular flexibility index (Phi) is 4.20. The monoisotopic (exact) mass is 286 g/mol. The molecule has 0 aromatic carbocycles. The number of nitrogens with one attached hydrogen (secondary N) is 1. The molecule has 1 fully saturated rings. The molecular weight excluding hydrogens is 268 g/mol. The highest BCUT2D eigenvalue weighted by Gasteiger charge is 2.34. The van der Waals surface area contributed by atoms with E-state index in [0.29, 0.717) is 37.8 Å². The van der Waals surface area contributed by atoms with Gasteiger partial charge in [0, 0.05) is 25.5 Å². The molecule has 1 unspecified atom stereocenters. The highest BCUT2D eigenvalue weighted by molar-refractivity contribution is 7.90. The maximum atomic E-state index is 11.8. The van der Waals surface area contributed by atoms with Crippen molar-refractivity contribution in [3.05, 3.63) is 12.4 Å². The number of hydrogen-bond acceptors (Lipinski definition) is 6. The Morgan fingerprint density at radius 3 is 2.89 bits per heavy atom. The van der Waals surface area contributed by atoms with Crippen molar-refractivity contribution >= 4 is 15.8 Å². The van der Waals surface area contributed by atoms with E-state index < -0.39 is 15.3 Å².